The Bertz CT molecular complexity index is 1270. The fraction of sp³-hybridized carbons (Fsp3) is 0.375. The predicted molar refractivity (Wildman–Crippen MR) is 156 cm³/mol. The van der Waals surface area contributed by atoms with E-state index in [9.17, 15) is 4.79 Å². The Kier molecular flexibility index (Phi) is 9.86. The normalized spacial score (nSPS) is 13.9. The van der Waals surface area contributed by atoms with Gasteiger partial charge in [-0.15, -0.1) is 0 Å². The van der Waals surface area contributed by atoms with Crippen molar-refractivity contribution in [3.8, 4) is 28.7 Å². The monoisotopic (exact) mass is 545 g/mol. The number of piperidine rings is 1. The highest BCUT2D eigenvalue weighted by Gasteiger charge is 2.26. The number of halogens is 1. The zero-order chi connectivity index (χ0) is 27.7. The number of benzene rings is 2. The van der Waals surface area contributed by atoms with Crippen LogP contribution in [0.3, 0.4) is 0 Å². The van der Waals surface area contributed by atoms with Gasteiger partial charge in [0.05, 0.1) is 6.61 Å². The summed E-state index contributed by atoms with van der Waals surface area (Å²) in [6.45, 7) is 8.65. The molecule has 4 rings (SSSR count). The van der Waals surface area contributed by atoms with Gasteiger partial charge in [-0.1, -0.05) is 35.7 Å². The van der Waals surface area contributed by atoms with Gasteiger partial charge in [0.15, 0.2) is 0 Å². The number of carbonyl (C=O) groups is 1. The van der Waals surface area contributed by atoms with E-state index in [1.165, 1.54) is 0 Å². The summed E-state index contributed by atoms with van der Waals surface area (Å²) >= 11 is 5.97. The van der Waals surface area contributed by atoms with E-state index in [1.807, 2.05) is 87.6 Å². The number of nitrogens with zero attached hydrogens (tertiary/aromatic N) is 2. The van der Waals surface area contributed by atoms with Crippen LogP contribution in [-0.4, -0.2) is 53.9 Å². The molecule has 0 bridgehead atoms. The lowest BCUT2D eigenvalue weighted by Gasteiger charge is -2.33. The first-order valence-electron chi connectivity index (χ1n) is 13.4. The van der Waals surface area contributed by atoms with Gasteiger partial charge in [0.25, 0.3) is 0 Å². The van der Waals surface area contributed by atoms with E-state index in [2.05, 4.69) is 22.1 Å². The van der Waals surface area contributed by atoms with Crippen LogP contribution < -0.4 is 10.1 Å². The summed E-state index contributed by atoms with van der Waals surface area (Å²) in [5, 5.41) is 4.30. The van der Waals surface area contributed by atoms with Crippen molar-refractivity contribution in [1.82, 2.24) is 15.2 Å². The molecule has 0 atom stereocenters. The number of aromatic nitrogens is 1. The van der Waals surface area contributed by atoms with Crippen LogP contribution >= 0.6 is 11.6 Å². The van der Waals surface area contributed by atoms with Crippen molar-refractivity contribution in [1.29, 1.82) is 0 Å². The van der Waals surface area contributed by atoms with Gasteiger partial charge < -0.3 is 19.7 Å². The van der Waals surface area contributed by atoms with Crippen molar-refractivity contribution in [2.24, 2.45) is 0 Å². The maximum Gasteiger partial charge on any atom is 0.410 e. The second-order valence-corrected chi connectivity index (χ2v) is 11.0. The summed E-state index contributed by atoms with van der Waals surface area (Å²) in [6, 6.07) is 19.9. The molecule has 7 heteroatoms. The van der Waals surface area contributed by atoms with Gasteiger partial charge in [0.2, 0.25) is 0 Å². The molecule has 1 aliphatic heterocycles. The lowest BCUT2D eigenvalue weighted by molar-refractivity contribution is 0.0198. The van der Waals surface area contributed by atoms with Crippen molar-refractivity contribution in [3.05, 3.63) is 83.1 Å². The summed E-state index contributed by atoms with van der Waals surface area (Å²) in [6.07, 6.45) is 4.39. The van der Waals surface area contributed by atoms with Gasteiger partial charge in [-0.25, -0.2) is 9.78 Å². The Labute approximate surface area is 236 Å². The average Bonchev–Trinajstić information content (AvgIpc) is 2.92. The first kappa shape index (κ1) is 28.5. The molecule has 1 amide bonds. The van der Waals surface area contributed by atoms with E-state index in [-0.39, 0.29) is 6.09 Å². The molecule has 1 fully saturated rings. The summed E-state index contributed by atoms with van der Waals surface area (Å²) in [7, 11) is 0. The van der Waals surface area contributed by atoms with Gasteiger partial charge in [-0.2, -0.15) is 0 Å². The number of hydrogen-bond acceptors (Lipinski definition) is 5. The van der Waals surface area contributed by atoms with Gasteiger partial charge in [0.1, 0.15) is 17.0 Å². The molecule has 204 valence electrons. The molecule has 0 aliphatic carbocycles. The minimum atomic E-state index is -0.455. The third-order valence-corrected chi connectivity index (χ3v) is 6.55. The Morgan fingerprint density at radius 2 is 1.69 bits per heavy atom. The Hall–Kier alpha value is -3.53. The Morgan fingerprint density at radius 3 is 2.33 bits per heavy atom. The fourth-order valence-corrected chi connectivity index (χ4v) is 4.34. The molecule has 39 heavy (non-hydrogen) atoms. The van der Waals surface area contributed by atoms with Gasteiger partial charge in [-0.3, -0.25) is 0 Å². The molecule has 0 saturated carbocycles. The molecular weight excluding hydrogens is 510 g/mol. The van der Waals surface area contributed by atoms with E-state index in [0.29, 0.717) is 17.7 Å². The third kappa shape index (κ3) is 9.31. The molecular formula is C32H36ClN3O3. The van der Waals surface area contributed by atoms with Gasteiger partial charge >= 0.3 is 6.09 Å². The molecule has 1 saturated heterocycles. The Morgan fingerprint density at radius 1 is 1.00 bits per heavy atom. The van der Waals surface area contributed by atoms with Crippen molar-refractivity contribution < 1.29 is 14.3 Å². The smallest absolute Gasteiger partial charge is 0.410 e. The van der Waals surface area contributed by atoms with Crippen molar-refractivity contribution in [2.75, 3.05) is 26.2 Å². The van der Waals surface area contributed by atoms with E-state index in [1.54, 1.807) is 4.90 Å². The molecule has 1 aliphatic rings. The number of carbonyl (C=O) groups excluding carboxylic acids is 1. The van der Waals surface area contributed by atoms with Crippen molar-refractivity contribution in [2.45, 2.75) is 51.7 Å². The van der Waals surface area contributed by atoms with Crippen LogP contribution in [0.25, 0.3) is 11.1 Å². The Balaban J connectivity index is 1.14. The van der Waals surface area contributed by atoms with Crippen LogP contribution in [0.1, 0.15) is 51.3 Å². The minimum Gasteiger partial charge on any atom is -0.494 e. The summed E-state index contributed by atoms with van der Waals surface area (Å²) in [5.41, 5.74) is 3.27. The first-order valence-corrected chi connectivity index (χ1v) is 13.8. The fourth-order valence-electron chi connectivity index (χ4n) is 4.21. The molecule has 6 nitrogen and oxygen atoms in total. The number of rotatable bonds is 7. The molecule has 2 aromatic carbocycles. The van der Waals surface area contributed by atoms with Crippen LogP contribution in [0, 0.1) is 11.8 Å². The van der Waals surface area contributed by atoms with Crippen LogP contribution in [0.2, 0.25) is 5.02 Å². The molecule has 0 unspecified atom stereocenters. The lowest BCUT2D eigenvalue weighted by Crippen LogP contribution is -2.46. The quantitative estimate of drug-likeness (QED) is 0.269. The topological polar surface area (TPSA) is 63.7 Å². The standard InChI is InChI=1S/C32H36ClN3O3/c1-32(2,3)39-31(37)36-20-17-29(18-21-36)34-19-4-22-38-30-15-6-24(7-16-30)5-13-28-14-10-26(23-35-28)25-8-11-27(33)12-9-25/h6-12,14-16,23,29,34H,4,17-22H2,1-3H3. The zero-order valence-electron chi connectivity index (χ0n) is 22.9. The number of ether oxygens (including phenoxy) is 2. The third-order valence-electron chi connectivity index (χ3n) is 6.30. The largest absolute Gasteiger partial charge is 0.494 e. The molecule has 3 aromatic rings. The lowest BCUT2D eigenvalue weighted by atomic mass is 10.1. The summed E-state index contributed by atoms with van der Waals surface area (Å²) < 4.78 is 11.4. The maximum atomic E-state index is 12.2. The highest BCUT2D eigenvalue weighted by atomic mass is 35.5. The maximum absolute atomic E-state index is 12.2. The molecule has 1 N–H and O–H groups in total. The number of likely N-dealkylation sites (tertiary alicyclic amines) is 1. The zero-order valence-corrected chi connectivity index (χ0v) is 23.6. The SMILES string of the molecule is CC(C)(C)OC(=O)N1CCC(NCCCOc2ccc(C#Cc3ccc(-c4ccc(Cl)cc4)cn3)cc2)CC1. The average molecular weight is 546 g/mol. The van der Waals surface area contributed by atoms with Gasteiger partial charge in [0, 0.05) is 41.5 Å². The highest BCUT2D eigenvalue weighted by Crippen LogP contribution is 2.21. The number of pyridine rings is 1. The summed E-state index contributed by atoms with van der Waals surface area (Å²) in [4.78, 5) is 18.5. The van der Waals surface area contributed by atoms with Crippen LogP contribution in [0.5, 0.6) is 5.75 Å². The van der Waals surface area contributed by atoms with Crippen LogP contribution in [-0.2, 0) is 4.74 Å². The number of nitrogens with one attached hydrogen (secondary N) is 1. The highest BCUT2D eigenvalue weighted by molar-refractivity contribution is 6.30. The van der Waals surface area contributed by atoms with Crippen LogP contribution in [0.4, 0.5) is 4.79 Å². The van der Waals surface area contributed by atoms with E-state index >= 15 is 0 Å². The van der Waals surface area contributed by atoms with E-state index < -0.39 is 5.60 Å². The number of hydrogen-bond donors (Lipinski definition) is 1. The minimum absolute atomic E-state index is 0.216. The summed E-state index contributed by atoms with van der Waals surface area (Å²) in [5.74, 6) is 7.11. The van der Waals surface area contributed by atoms with Crippen molar-refractivity contribution in [3.63, 3.8) is 0 Å². The molecule has 0 radical (unpaired) electrons. The van der Waals surface area contributed by atoms with Crippen molar-refractivity contribution >= 4 is 17.7 Å². The van der Waals surface area contributed by atoms with Gasteiger partial charge in [-0.05, 0) is 101 Å². The first-order chi connectivity index (χ1) is 18.7. The van der Waals surface area contributed by atoms with Crippen LogP contribution in [0.15, 0.2) is 66.9 Å². The number of amides is 1. The molecule has 1 aromatic heterocycles. The molecule has 2 heterocycles. The molecule has 0 spiro atoms. The van der Waals surface area contributed by atoms with E-state index in [0.717, 1.165) is 67.0 Å². The second-order valence-electron chi connectivity index (χ2n) is 10.6. The predicted octanol–water partition coefficient (Wildman–Crippen LogP) is 6.56. The second kappa shape index (κ2) is 13.5. The van der Waals surface area contributed by atoms with E-state index in [4.69, 9.17) is 21.1 Å².